The molecule has 0 atom stereocenters. The summed E-state index contributed by atoms with van der Waals surface area (Å²) in [5.41, 5.74) is 3.57. The van der Waals surface area contributed by atoms with E-state index in [-0.39, 0.29) is 0 Å². The average Bonchev–Trinajstić information content (AvgIpc) is 2.83. The summed E-state index contributed by atoms with van der Waals surface area (Å²) in [4.78, 5) is 24.0. The van der Waals surface area contributed by atoms with Crippen LogP contribution in [0.3, 0.4) is 0 Å². The van der Waals surface area contributed by atoms with Crippen LogP contribution in [0.15, 0.2) is 36.7 Å². The maximum absolute atomic E-state index is 11.7. The molecule has 3 rings (SSSR count). The first-order valence-electron chi connectivity index (χ1n) is 7.32. The molecule has 3 aromatic heterocycles. The zero-order chi connectivity index (χ0) is 16.6. The second kappa shape index (κ2) is 5.72. The Balaban J connectivity index is 2.13. The summed E-state index contributed by atoms with van der Waals surface area (Å²) in [6, 6.07) is 7.79. The fourth-order valence-corrected chi connectivity index (χ4v) is 2.63. The third kappa shape index (κ3) is 2.52. The number of aryl methyl sites for hydroxylation is 2. The molecule has 0 aliphatic carbocycles. The number of nitrogens with zero attached hydrogens (tertiary/aromatic N) is 5. The van der Waals surface area contributed by atoms with Crippen molar-refractivity contribution < 1.29 is 4.79 Å². The van der Waals surface area contributed by atoms with Crippen molar-refractivity contribution in [2.45, 2.75) is 6.92 Å². The zero-order valence-electron chi connectivity index (χ0n) is 13.7. The molecule has 1 amide bonds. The number of pyridine rings is 2. The first-order valence-corrected chi connectivity index (χ1v) is 7.32. The molecular weight excluding hydrogens is 290 g/mol. The Morgan fingerprint density at radius 2 is 2.00 bits per heavy atom. The number of aromatic nitrogens is 3. The van der Waals surface area contributed by atoms with Crippen LogP contribution in [0.5, 0.6) is 0 Å². The minimum atomic E-state index is 0.585. The van der Waals surface area contributed by atoms with Gasteiger partial charge < -0.3 is 9.47 Å². The van der Waals surface area contributed by atoms with Crippen molar-refractivity contribution in [1.29, 1.82) is 0 Å². The van der Waals surface area contributed by atoms with Crippen LogP contribution < -0.4 is 9.80 Å². The van der Waals surface area contributed by atoms with E-state index in [1.807, 2.05) is 55.7 Å². The Hall–Kier alpha value is -2.89. The normalized spacial score (nSPS) is 10.8. The highest BCUT2D eigenvalue weighted by atomic mass is 16.1. The first-order chi connectivity index (χ1) is 11.0. The van der Waals surface area contributed by atoms with Gasteiger partial charge in [0.1, 0.15) is 5.65 Å². The van der Waals surface area contributed by atoms with E-state index in [2.05, 4.69) is 16.0 Å². The summed E-state index contributed by atoms with van der Waals surface area (Å²) in [5.74, 6) is 0.585. The second-order valence-corrected chi connectivity index (χ2v) is 5.67. The molecule has 0 spiro atoms. The number of carbonyl (C=O) groups excluding carboxylic acids is 1. The topological polar surface area (TPSA) is 54.3 Å². The van der Waals surface area contributed by atoms with Crippen LogP contribution >= 0.6 is 0 Å². The van der Waals surface area contributed by atoms with Gasteiger partial charge in [-0.1, -0.05) is 0 Å². The molecule has 23 heavy (non-hydrogen) atoms. The lowest BCUT2D eigenvalue weighted by atomic mass is 10.2. The molecule has 0 unspecified atom stereocenters. The predicted molar refractivity (Wildman–Crippen MR) is 92.2 cm³/mol. The number of rotatable bonds is 4. The van der Waals surface area contributed by atoms with E-state index in [4.69, 9.17) is 0 Å². The standard InChI is InChI=1S/C17H19N5O/c1-12-8-13-9-14(10-19-16(13)21(12)4)22(11-23)17-15(20(2)3)6-5-7-18-17/h5-11H,1-4H3. The summed E-state index contributed by atoms with van der Waals surface area (Å²) in [6.45, 7) is 2.03. The lowest BCUT2D eigenvalue weighted by Gasteiger charge is -2.22. The van der Waals surface area contributed by atoms with Crippen molar-refractivity contribution in [1.82, 2.24) is 14.5 Å². The van der Waals surface area contributed by atoms with Crippen LogP contribution in [0.2, 0.25) is 0 Å². The Morgan fingerprint density at radius 3 is 2.70 bits per heavy atom. The summed E-state index contributed by atoms with van der Waals surface area (Å²) >= 11 is 0. The van der Waals surface area contributed by atoms with Gasteiger partial charge in [-0.15, -0.1) is 0 Å². The van der Waals surface area contributed by atoms with Crippen LogP contribution in [-0.4, -0.2) is 35.0 Å². The SMILES string of the molecule is Cc1cc2cc(N(C=O)c3ncccc3N(C)C)cnc2n1C. The van der Waals surface area contributed by atoms with E-state index in [9.17, 15) is 4.79 Å². The van der Waals surface area contributed by atoms with E-state index in [0.29, 0.717) is 11.5 Å². The average molecular weight is 309 g/mol. The van der Waals surface area contributed by atoms with Crippen molar-refractivity contribution in [2.75, 3.05) is 23.9 Å². The van der Waals surface area contributed by atoms with Crippen LogP contribution in [0, 0.1) is 6.92 Å². The molecule has 3 aromatic rings. The van der Waals surface area contributed by atoms with E-state index < -0.39 is 0 Å². The van der Waals surface area contributed by atoms with Gasteiger partial charge in [-0.05, 0) is 31.2 Å². The Kier molecular flexibility index (Phi) is 3.73. The summed E-state index contributed by atoms with van der Waals surface area (Å²) < 4.78 is 2.02. The van der Waals surface area contributed by atoms with Crippen molar-refractivity contribution in [3.8, 4) is 0 Å². The van der Waals surface area contributed by atoms with Crippen molar-refractivity contribution in [3.05, 3.63) is 42.4 Å². The van der Waals surface area contributed by atoms with Crippen molar-refractivity contribution >= 4 is 34.6 Å². The van der Waals surface area contributed by atoms with Gasteiger partial charge in [0, 0.05) is 38.4 Å². The highest BCUT2D eigenvalue weighted by Crippen LogP contribution is 2.31. The maximum atomic E-state index is 11.7. The summed E-state index contributed by atoms with van der Waals surface area (Å²) in [7, 11) is 5.82. The number of hydrogen-bond donors (Lipinski definition) is 0. The molecule has 0 bridgehead atoms. The van der Waals surface area contributed by atoms with Gasteiger partial charge >= 0.3 is 0 Å². The van der Waals surface area contributed by atoms with Crippen LogP contribution in [0.25, 0.3) is 11.0 Å². The van der Waals surface area contributed by atoms with Crippen LogP contribution in [0.1, 0.15) is 5.69 Å². The van der Waals surface area contributed by atoms with Gasteiger partial charge in [0.15, 0.2) is 5.82 Å². The van der Waals surface area contributed by atoms with E-state index in [1.165, 1.54) is 4.90 Å². The number of anilines is 3. The van der Waals surface area contributed by atoms with E-state index in [1.54, 1.807) is 12.4 Å². The summed E-state index contributed by atoms with van der Waals surface area (Å²) in [6.07, 6.45) is 4.15. The van der Waals surface area contributed by atoms with Gasteiger partial charge in [0.25, 0.3) is 0 Å². The molecule has 6 nitrogen and oxygen atoms in total. The third-order valence-corrected chi connectivity index (χ3v) is 3.95. The number of carbonyl (C=O) groups is 1. The predicted octanol–water partition coefficient (Wildman–Crippen LogP) is 2.64. The fourth-order valence-electron chi connectivity index (χ4n) is 2.63. The number of amides is 1. The molecule has 0 aliphatic heterocycles. The molecule has 0 fully saturated rings. The molecule has 0 saturated heterocycles. The molecule has 0 aromatic carbocycles. The molecule has 0 radical (unpaired) electrons. The highest BCUT2D eigenvalue weighted by molar-refractivity contribution is 5.92. The Labute approximate surface area is 135 Å². The van der Waals surface area contributed by atoms with Crippen LogP contribution in [0.4, 0.5) is 17.2 Å². The zero-order valence-corrected chi connectivity index (χ0v) is 13.7. The quantitative estimate of drug-likeness (QED) is 0.695. The molecule has 0 saturated carbocycles. The van der Waals surface area contributed by atoms with Crippen molar-refractivity contribution in [2.24, 2.45) is 7.05 Å². The van der Waals surface area contributed by atoms with Gasteiger partial charge in [-0.2, -0.15) is 0 Å². The lowest BCUT2D eigenvalue weighted by molar-refractivity contribution is -0.106. The van der Waals surface area contributed by atoms with E-state index in [0.717, 1.165) is 28.8 Å². The smallest absolute Gasteiger partial charge is 0.220 e. The number of fused-ring (bicyclic) bond motifs is 1. The molecular formula is C17H19N5O. The van der Waals surface area contributed by atoms with Crippen molar-refractivity contribution in [3.63, 3.8) is 0 Å². The molecule has 118 valence electrons. The molecule has 0 aliphatic rings. The maximum Gasteiger partial charge on any atom is 0.220 e. The molecule has 0 N–H and O–H groups in total. The minimum Gasteiger partial charge on any atom is -0.375 e. The van der Waals surface area contributed by atoms with Gasteiger partial charge in [-0.3, -0.25) is 9.69 Å². The largest absolute Gasteiger partial charge is 0.375 e. The molecule has 3 heterocycles. The monoisotopic (exact) mass is 309 g/mol. The fraction of sp³-hybridized carbons (Fsp3) is 0.235. The molecule has 6 heteroatoms. The first kappa shape index (κ1) is 15.0. The lowest BCUT2D eigenvalue weighted by Crippen LogP contribution is -2.20. The van der Waals surface area contributed by atoms with E-state index >= 15 is 0 Å². The Morgan fingerprint density at radius 1 is 1.22 bits per heavy atom. The van der Waals surface area contributed by atoms with Crippen LogP contribution in [-0.2, 0) is 11.8 Å². The number of hydrogen-bond acceptors (Lipinski definition) is 4. The van der Waals surface area contributed by atoms with Gasteiger partial charge in [0.05, 0.1) is 17.6 Å². The minimum absolute atomic E-state index is 0.585. The van der Waals surface area contributed by atoms with Gasteiger partial charge in [-0.25, -0.2) is 9.97 Å². The summed E-state index contributed by atoms with van der Waals surface area (Å²) in [5, 5.41) is 0.997. The van der Waals surface area contributed by atoms with Gasteiger partial charge in [0.2, 0.25) is 6.41 Å². The Bertz CT molecular complexity index is 869. The highest BCUT2D eigenvalue weighted by Gasteiger charge is 2.17. The third-order valence-electron chi connectivity index (χ3n) is 3.95. The second-order valence-electron chi connectivity index (χ2n) is 5.67.